The van der Waals surface area contributed by atoms with E-state index in [-0.39, 0.29) is 23.1 Å². The molecule has 0 atom stereocenters. The zero-order chi connectivity index (χ0) is 18.1. The van der Waals surface area contributed by atoms with E-state index in [1.807, 2.05) is 0 Å². The quantitative estimate of drug-likeness (QED) is 0.480. The summed E-state index contributed by atoms with van der Waals surface area (Å²) >= 11 is 5.84. The van der Waals surface area contributed by atoms with Gasteiger partial charge in [0.1, 0.15) is 23.3 Å². The SMILES string of the molecule is O=C(Oc1ccc2c(=O)c(Oc3ccc(Cl)cc3)coc2c1)C1CCC1. The summed E-state index contributed by atoms with van der Waals surface area (Å²) in [4.78, 5) is 24.5. The van der Waals surface area contributed by atoms with Crippen LogP contribution in [-0.4, -0.2) is 5.97 Å². The van der Waals surface area contributed by atoms with Gasteiger partial charge in [-0.05, 0) is 49.2 Å². The van der Waals surface area contributed by atoms with Crippen LogP contribution in [0.1, 0.15) is 19.3 Å². The Morgan fingerprint density at radius 1 is 1.08 bits per heavy atom. The van der Waals surface area contributed by atoms with Gasteiger partial charge >= 0.3 is 5.97 Å². The largest absolute Gasteiger partial charge is 0.460 e. The molecule has 1 aliphatic carbocycles. The Morgan fingerprint density at radius 2 is 1.81 bits per heavy atom. The second kappa shape index (κ2) is 6.84. The van der Waals surface area contributed by atoms with Gasteiger partial charge in [0.2, 0.25) is 11.2 Å². The van der Waals surface area contributed by atoms with Crippen molar-refractivity contribution in [3.63, 3.8) is 0 Å². The Morgan fingerprint density at radius 3 is 2.50 bits per heavy atom. The second-order valence-electron chi connectivity index (χ2n) is 6.19. The van der Waals surface area contributed by atoms with Crippen LogP contribution in [0.25, 0.3) is 11.0 Å². The fraction of sp³-hybridized carbons (Fsp3) is 0.200. The maximum absolute atomic E-state index is 12.6. The van der Waals surface area contributed by atoms with Crippen LogP contribution in [0.2, 0.25) is 5.02 Å². The summed E-state index contributed by atoms with van der Waals surface area (Å²) in [7, 11) is 0. The molecule has 1 aromatic heterocycles. The van der Waals surface area contributed by atoms with Gasteiger partial charge in [0.15, 0.2) is 0 Å². The van der Waals surface area contributed by atoms with E-state index in [0.717, 1.165) is 19.3 Å². The molecule has 0 N–H and O–H groups in total. The molecule has 0 saturated heterocycles. The van der Waals surface area contributed by atoms with Crippen LogP contribution < -0.4 is 14.9 Å². The van der Waals surface area contributed by atoms with Crippen molar-refractivity contribution in [2.75, 3.05) is 0 Å². The number of fused-ring (bicyclic) bond motifs is 1. The van der Waals surface area contributed by atoms with E-state index >= 15 is 0 Å². The number of hydrogen-bond acceptors (Lipinski definition) is 5. The molecule has 26 heavy (non-hydrogen) atoms. The predicted molar refractivity (Wildman–Crippen MR) is 97.0 cm³/mol. The van der Waals surface area contributed by atoms with Crippen LogP contribution >= 0.6 is 11.6 Å². The number of ether oxygens (including phenoxy) is 2. The molecule has 3 aromatic rings. The molecule has 0 aliphatic heterocycles. The third-order valence-electron chi connectivity index (χ3n) is 4.41. The van der Waals surface area contributed by atoms with Crippen molar-refractivity contribution in [1.82, 2.24) is 0 Å². The molecule has 132 valence electrons. The zero-order valence-electron chi connectivity index (χ0n) is 13.7. The third kappa shape index (κ3) is 3.30. The lowest BCUT2D eigenvalue weighted by atomic mass is 9.86. The molecule has 1 fully saturated rings. The average molecular weight is 371 g/mol. The minimum Gasteiger partial charge on any atom is -0.460 e. The summed E-state index contributed by atoms with van der Waals surface area (Å²) in [6.07, 6.45) is 4.04. The van der Waals surface area contributed by atoms with Gasteiger partial charge in [-0.2, -0.15) is 0 Å². The van der Waals surface area contributed by atoms with Crippen LogP contribution in [0.15, 0.2) is 57.9 Å². The van der Waals surface area contributed by atoms with Gasteiger partial charge in [0, 0.05) is 11.1 Å². The summed E-state index contributed by atoms with van der Waals surface area (Å²) in [6, 6.07) is 11.4. The molecule has 1 aliphatic rings. The van der Waals surface area contributed by atoms with Gasteiger partial charge in [0.05, 0.1) is 11.3 Å². The number of benzene rings is 2. The van der Waals surface area contributed by atoms with Gasteiger partial charge in [-0.1, -0.05) is 18.0 Å². The van der Waals surface area contributed by atoms with Gasteiger partial charge < -0.3 is 13.9 Å². The van der Waals surface area contributed by atoms with Crippen LogP contribution in [-0.2, 0) is 4.79 Å². The summed E-state index contributed by atoms with van der Waals surface area (Å²) in [5.74, 6) is 0.656. The van der Waals surface area contributed by atoms with E-state index in [9.17, 15) is 9.59 Å². The second-order valence-corrected chi connectivity index (χ2v) is 6.63. The van der Waals surface area contributed by atoms with Crippen molar-refractivity contribution in [3.05, 3.63) is 64.0 Å². The maximum Gasteiger partial charge on any atom is 0.314 e. The molecule has 5 nitrogen and oxygen atoms in total. The molecular formula is C20H15ClO5. The highest BCUT2D eigenvalue weighted by Crippen LogP contribution is 2.29. The Bertz CT molecular complexity index is 1020. The minimum absolute atomic E-state index is 0.0205. The molecule has 4 rings (SSSR count). The molecule has 0 radical (unpaired) electrons. The van der Waals surface area contributed by atoms with Crippen molar-refractivity contribution in [2.45, 2.75) is 19.3 Å². The van der Waals surface area contributed by atoms with Gasteiger partial charge in [-0.15, -0.1) is 0 Å². The standard InChI is InChI=1S/C20H15ClO5/c21-13-4-6-14(7-5-13)25-18-11-24-17-10-15(8-9-16(17)19(18)22)26-20(23)12-2-1-3-12/h4-12H,1-3H2. The lowest BCUT2D eigenvalue weighted by Crippen LogP contribution is -2.26. The summed E-state index contributed by atoms with van der Waals surface area (Å²) in [5, 5.41) is 0.923. The zero-order valence-corrected chi connectivity index (χ0v) is 14.5. The maximum atomic E-state index is 12.6. The minimum atomic E-state index is -0.307. The molecular weight excluding hydrogens is 356 g/mol. The van der Waals surface area contributed by atoms with E-state index in [2.05, 4.69) is 0 Å². The fourth-order valence-corrected chi connectivity index (χ4v) is 2.82. The molecule has 0 spiro atoms. The van der Waals surface area contributed by atoms with Crippen molar-refractivity contribution in [3.8, 4) is 17.2 Å². The van der Waals surface area contributed by atoms with Crippen molar-refractivity contribution >= 4 is 28.5 Å². The fourth-order valence-electron chi connectivity index (χ4n) is 2.70. The van der Waals surface area contributed by atoms with Crippen molar-refractivity contribution in [2.24, 2.45) is 5.92 Å². The van der Waals surface area contributed by atoms with E-state index in [4.69, 9.17) is 25.5 Å². The van der Waals surface area contributed by atoms with E-state index in [0.29, 0.717) is 27.5 Å². The number of carbonyl (C=O) groups excluding carboxylic acids is 1. The third-order valence-corrected chi connectivity index (χ3v) is 4.66. The van der Waals surface area contributed by atoms with Crippen LogP contribution in [0.5, 0.6) is 17.2 Å². The van der Waals surface area contributed by atoms with Gasteiger partial charge in [0.25, 0.3) is 0 Å². The highest BCUT2D eigenvalue weighted by atomic mass is 35.5. The molecule has 2 aromatic carbocycles. The summed E-state index contributed by atoms with van der Waals surface area (Å²) < 4.78 is 16.4. The van der Waals surface area contributed by atoms with Gasteiger partial charge in [-0.3, -0.25) is 9.59 Å². The summed E-state index contributed by atoms with van der Waals surface area (Å²) in [5.41, 5.74) is 0.0236. The Hall–Kier alpha value is -2.79. The van der Waals surface area contributed by atoms with E-state index in [1.54, 1.807) is 42.5 Å². The van der Waals surface area contributed by atoms with E-state index in [1.165, 1.54) is 6.26 Å². The smallest absolute Gasteiger partial charge is 0.314 e. The van der Waals surface area contributed by atoms with Crippen molar-refractivity contribution in [1.29, 1.82) is 0 Å². The molecule has 6 heteroatoms. The Kier molecular flexibility index (Phi) is 4.39. The number of rotatable bonds is 4. The van der Waals surface area contributed by atoms with E-state index < -0.39 is 0 Å². The first kappa shape index (κ1) is 16.7. The first-order valence-electron chi connectivity index (χ1n) is 8.31. The number of carbonyl (C=O) groups is 1. The molecule has 0 amide bonds. The Labute approximate surface area is 154 Å². The summed E-state index contributed by atoms with van der Waals surface area (Å²) in [6.45, 7) is 0. The predicted octanol–water partition coefficient (Wildman–Crippen LogP) is 4.94. The normalized spacial score (nSPS) is 14.0. The topological polar surface area (TPSA) is 65.7 Å². The number of halogens is 1. The Balaban J connectivity index is 1.59. The average Bonchev–Trinajstić information content (AvgIpc) is 2.58. The highest BCUT2D eigenvalue weighted by Gasteiger charge is 2.27. The number of hydrogen-bond donors (Lipinski definition) is 0. The first-order valence-corrected chi connectivity index (χ1v) is 8.68. The molecule has 1 saturated carbocycles. The first-order chi connectivity index (χ1) is 12.6. The van der Waals surface area contributed by atoms with Crippen molar-refractivity contribution < 1.29 is 18.7 Å². The monoisotopic (exact) mass is 370 g/mol. The lowest BCUT2D eigenvalue weighted by molar-refractivity contribution is -0.141. The highest BCUT2D eigenvalue weighted by molar-refractivity contribution is 6.30. The molecule has 0 unspecified atom stereocenters. The van der Waals surface area contributed by atoms with Crippen LogP contribution in [0.3, 0.4) is 0 Å². The number of esters is 1. The lowest BCUT2D eigenvalue weighted by Gasteiger charge is -2.22. The molecule has 1 heterocycles. The van der Waals surface area contributed by atoms with Crippen LogP contribution in [0, 0.1) is 5.92 Å². The molecule has 0 bridgehead atoms. The van der Waals surface area contributed by atoms with Crippen LogP contribution in [0.4, 0.5) is 0 Å². The van der Waals surface area contributed by atoms with Gasteiger partial charge in [-0.25, -0.2) is 0 Å².